The van der Waals surface area contributed by atoms with E-state index in [0.717, 1.165) is 60.3 Å². The van der Waals surface area contributed by atoms with Crippen LogP contribution in [0.3, 0.4) is 0 Å². The van der Waals surface area contributed by atoms with E-state index in [2.05, 4.69) is 42.5 Å². The van der Waals surface area contributed by atoms with Crippen LogP contribution in [0.2, 0.25) is 0 Å². The predicted octanol–water partition coefficient (Wildman–Crippen LogP) is 7.92. The second-order valence-electron chi connectivity index (χ2n) is 11.9. The van der Waals surface area contributed by atoms with Crippen molar-refractivity contribution >= 4 is 23.3 Å². The van der Waals surface area contributed by atoms with Crippen LogP contribution in [0.5, 0.6) is 5.75 Å². The van der Waals surface area contributed by atoms with E-state index in [9.17, 15) is 10.1 Å². The Morgan fingerprint density at radius 2 is 1.88 bits per heavy atom. The molecule has 1 amide bonds. The van der Waals surface area contributed by atoms with Gasteiger partial charge in [-0.15, -0.1) is 0 Å². The van der Waals surface area contributed by atoms with Crippen molar-refractivity contribution in [3.05, 3.63) is 82.4 Å². The number of nitriles is 1. The molecular formula is C35H40N2O4. The second-order valence-corrected chi connectivity index (χ2v) is 11.9. The van der Waals surface area contributed by atoms with Crippen molar-refractivity contribution in [1.29, 1.82) is 5.26 Å². The molecule has 1 atom stereocenters. The number of fused-ring (bicyclic) bond motifs is 1. The van der Waals surface area contributed by atoms with Crippen LogP contribution in [0.15, 0.2) is 54.6 Å². The lowest BCUT2D eigenvalue weighted by Gasteiger charge is -2.31. The number of nitrogens with zero attached hydrogens (tertiary/aromatic N) is 2. The Labute approximate surface area is 243 Å². The first kappa shape index (κ1) is 28.7. The third kappa shape index (κ3) is 7.28. The summed E-state index contributed by atoms with van der Waals surface area (Å²) in [5, 5.41) is 9.20. The minimum atomic E-state index is -0.526. The summed E-state index contributed by atoms with van der Waals surface area (Å²) < 4.78 is 18.4. The predicted molar refractivity (Wildman–Crippen MR) is 162 cm³/mol. The molecule has 6 nitrogen and oxygen atoms in total. The van der Waals surface area contributed by atoms with Crippen LogP contribution in [-0.4, -0.2) is 42.6 Å². The number of carbonyl (C=O) groups excluding carboxylic acids is 1. The smallest absolute Gasteiger partial charge is 0.410 e. The third-order valence-electron chi connectivity index (χ3n) is 7.67. The summed E-state index contributed by atoms with van der Waals surface area (Å²) in [5.74, 6) is 0.843. The highest BCUT2D eigenvalue weighted by molar-refractivity contribution is 5.91. The molecule has 0 radical (unpaired) electrons. The zero-order chi connectivity index (χ0) is 28.8. The largest absolute Gasteiger partial charge is 0.464 e. The van der Waals surface area contributed by atoms with Gasteiger partial charge in [0.2, 0.25) is 0 Å². The van der Waals surface area contributed by atoms with E-state index >= 15 is 0 Å². The molecule has 0 bridgehead atoms. The van der Waals surface area contributed by atoms with Gasteiger partial charge in [-0.2, -0.15) is 5.26 Å². The summed E-state index contributed by atoms with van der Waals surface area (Å²) in [4.78, 5) is 14.5. The molecule has 1 saturated heterocycles. The molecular weight excluding hydrogens is 512 g/mol. The number of allylic oxidation sites excluding steroid dienone is 3. The molecule has 0 spiro atoms. The Bertz CT molecular complexity index is 1380. The van der Waals surface area contributed by atoms with Crippen molar-refractivity contribution in [1.82, 2.24) is 4.90 Å². The normalized spacial score (nSPS) is 19.5. The highest BCUT2D eigenvalue weighted by atomic mass is 16.7. The van der Waals surface area contributed by atoms with Gasteiger partial charge in [0.1, 0.15) is 11.4 Å². The van der Waals surface area contributed by atoms with Crippen molar-refractivity contribution < 1.29 is 19.0 Å². The molecule has 2 heterocycles. The summed E-state index contributed by atoms with van der Waals surface area (Å²) in [6.45, 7) is 7.48. The lowest BCUT2D eigenvalue weighted by Crippen LogP contribution is -2.39. The SMILES string of the molecule is CC(C)(C)OC(=O)N1CC=C(c2c(OC3CCCCCCO3)ccc3c2CC=CC(c2ccc(C#N)cc2)=C3)CC1. The highest BCUT2D eigenvalue weighted by Gasteiger charge is 2.27. The number of carbonyl (C=O) groups is 1. The molecule has 2 aromatic rings. The number of rotatable bonds is 4. The Balaban J connectivity index is 1.50. The van der Waals surface area contributed by atoms with Crippen LogP contribution >= 0.6 is 0 Å². The Morgan fingerprint density at radius 3 is 2.61 bits per heavy atom. The maximum absolute atomic E-state index is 12.7. The fraction of sp³-hybridized carbons (Fsp3) is 0.429. The molecule has 3 aliphatic rings. The van der Waals surface area contributed by atoms with Crippen molar-refractivity contribution in [2.45, 2.75) is 77.6 Å². The van der Waals surface area contributed by atoms with Crippen LogP contribution in [-0.2, 0) is 15.9 Å². The summed E-state index contributed by atoms with van der Waals surface area (Å²) in [6, 6.07) is 14.1. The van der Waals surface area contributed by atoms with Gasteiger partial charge in [0, 0.05) is 25.1 Å². The Morgan fingerprint density at radius 1 is 1.07 bits per heavy atom. The van der Waals surface area contributed by atoms with E-state index in [0.29, 0.717) is 25.1 Å². The number of hydrogen-bond donors (Lipinski definition) is 0. The minimum Gasteiger partial charge on any atom is -0.464 e. The molecule has 1 fully saturated rings. The first-order chi connectivity index (χ1) is 19.8. The van der Waals surface area contributed by atoms with Gasteiger partial charge in [0.15, 0.2) is 6.29 Å². The van der Waals surface area contributed by atoms with E-state index in [1.807, 2.05) is 45.0 Å². The molecule has 2 aromatic carbocycles. The number of ether oxygens (including phenoxy) is 3. The standard InChI is InChI=1S/C35H40N2O4/c1-35(2,3)41-34(38)37-20-18-27(19-21-37)33-30-10-8-9-28(26-14-12-25(24-36)13-15-26)23-29(30)16-17-31(33)40-32-11-6-4-5-7-22-39-32/h8-9,12-18,23,32H,4-7,10-11,19-22H2,1-3H3. The molecule has 214 valence electrons. The molecule has 2 aliphatic heterocycles. The van der Waals surface area contributed by atoms with Gasteiger partial charge >= 0.3 is 6.09 Å². The Hall–Kier alpha value is -3.82. The average molecular weight is 553 g/mol. The monoisotopic (exact) mass is 552 g/mol. The van der Waals surface area contributed by atoms with E-state index in [-0.39, 0.29) is 12.4 Å². The van der Waals surface area contributed by atoms with Gasteiger partial charge in [0.05, 0.1) is 18.2 Å². The molecule has 1 aliphatic carbocycles. The van der Waals surface area contributed by atoms with Crippen LogP contribution < -0.4 is 4.74 Å². The fourth-order valence-corrected chi connectivity index (χ4v) is 5.57. The molecule has 5 rings (SSSR count). The highest BCUT2D eigenvalue weighted by Crippen LogP contribution is 2.39. The second kappa shape index (κ2) is 12.8. The molecule has 0 N–H and O–H groups in total. The maximum Gasteiger partial charge on any atom is 0.410 e. The number of amides is 1. The first-order valence-corrected chi connectivity index (χ1v) is 14.8. The van der Waals surface area contributed by atoms with E-state index in [4.69, 9.17) is 14.2 Å². The fourth-order valence-electron chi connectivity index (χ4n) is 5.57. The molecule has 6 heteroatoms. The summed E-state index contributed by atoms with van der Waals surface area (Å²) in [6.07, 6.45) is 15.1. The average Bonchev–Trinajstić information content (AvgIpc) is 3.16. The van der Waals surface area contributed by atoms with Crippen LogP contribution in [0.1, 0.15) is 87.1 Å². The van der Waals surface area contributed by atoms with Gasteiger partial charge in [-0.1, -0.05) is 49.3 Å². The zero-order valence-corrected chi connectivity index (χ0v) is 24.4. The van der Waals surface area contributed by atoms with Crippen LogP contribution in [0, 0.1) is 11.3 Å². The third-order valence-corrected chi connectivity index (χ3v) is 7.67. The van der Waals surface area contributed by atoms with Gasteiger partial charge in [-0.3, -0.25) is 0 Å². The van der Waals surface area contributed by atoms with Crippen molar-refractivity contribution in [3.8, 4) is 11.8 Å². The molecule has 41 heavy (non-hydrogen) atoms. The lowest BCUT2D eigenvalue weighted by atomic mass is 9.89. The van der Waals surface area contributed by atoms with Gasteiger partial charge in [-0.05, 0) is 98.6 Å². The van der Waals surface area contributed by atoms with E-state index in [1.54, 1.807) is 4.90 Å². The van der Waals surface area contributed by atoms with E-state index < -0.39 is 5.60 Å². The first-order valence-electron chi connectivity index (χ1n) is 14.8. The van der Waals surface area contributed by atoms with Gasteiger partial charge in [-0.25, -0.2) is 4.79 Å². The van der Waals surface area contributed by atoms with Crippen LogP contribution in [0.25, 0.3) is 17.2 Å². The number of hydrogen-bond acceptors (Lipinski definition) is 5. The summed E-state index contributed by atoms with van der Waals surface area (Å²) in [5.41, 5.74) is 6.95. The van der Waals surface area contributed by atoms with Gasteiger partial charge < -0.3 is 19.1 Å². The molecule has 0 aromatic heterocycles. The topological polar surface area (TPSA) is 71.8 Å². The minimum absolute atomic E-state index is 0.263. The van der Waals surface area contributed by atoms with Gasteiger partial charge in [0.25, 0.3) is 0 Å². The quantitative estimate of drug-likeness (QED) is 0.385. The summed E-state index contributed by atoms with van der Waals surface area (Å²) >= 11 is 0. The maximum atomic E-state index is 12.7. The van der Waals surface area contributed by atoms with Crippen molar-refractivity contribution in [2.24, 2.45) is 0 Å². The lowest BCUT2D eigenvalue weighted by molar-refractivity contribution is -0.0911. The van der Waals surface area contributed by atoms with E-state index in [1.165, 1.54) is 24.0 Å². The van der Waals surface area contributed by atoms with Crippen LogP contribution in [0.4, 0.5) is 4.79 Å². The molecule has 0 saturated carbocycles. The van der Waals surface area contributed by atoms with Crippen molar-refractivity contribution in [3.63, 3.8) is 0 Å². The molecule has 1 unspecified atom stereocenters. The summed E-state index contributed by atoms with van der Waals surface area (Å²) in [7, 11) is 0. The Kier molecular flexibility index (Phi) is 8.95. The van der Waals surface area contributed by atoms with Crippen molar-refractivity contribution in [2.75, 3.05) is 19.7 Å². The number of benzene rings is 2. The zero-order valence-electron chi connectivity index (χ0n) is 24.4.